The Morgan fingerprint density at radius 2 is 1.93 bits per heavy atom. The van der Waals surface area contributed by atoms with E-state index in [0.29, 0.717) is 6.42 Å². The van der Waals surface area contributed by atoms with Crippen molar-refractivity contribution in [3.05, 3.63) is 41.5 Å². The number of ether oxygens (including phenoxy) is 2. The summed E-state index contributed by atoms with van der Waals surface area (Å²) in [6.45, 7) is 1.66. The van der Waals surface area contributed by atoms with E-state index >= 15 is 0 Å². The zero-order valence-electron chi connectivity index (χ0n) is 14.7. The quantitative estimate of drug-likeness (QED) is 0.400. The van der Waals surface area contributed by atoms with Gasteiger partial charge in [0.2, 0.25) is 0 Å². The van der Waals surface area contributed by atoms with Crippen LogP contribution in [0.25, 0.3) is 6.08 Å². The molecule has 0 saturated carbocycles. The number of amides is 1. The number of carbonyl (C=O) groups excluding carboxylic acids is 3. The van der Waals surface area contributed by atoms with Gasteiger partial charge in [0.1, 0.15) is 0 Å². The van der Waals surface area contributed by atoms with E-state index in [1.807, 2.05) is 0 Å². The predicted octanol–water partition coefficient (Wildman–Crippen LogP) is 2.72. The van der Waals surface area contributed by atoms with Crippen LogP contribution in [0, 0.1) is 0 Å². The highest BCUT2D eigenvalue weighted by Gasteiger charge is 2.30. The fourth-order valence-electron chi connectivity index (χ4n) is 1.91. The van der Waals surface area contributed by atoms with E-state index in [1.54, 1.807) is 6.92 Å². The van der Waals surface area contributed by atoms with Crippen molar-refractivity contribution < 1.29 is 37.0 Å². The summed E-state index contributed by atoms with van der Waals surface area (Å²) in [6, 6.07) is 4.43. The van der Waals surface area contributed by atoms with Crippen LogP contribution in [-0.4, -0.2) is 37.6 Å². The van der Waals surface area contributed by atoms with E-state index in [1.165, 1.54) is 12.1 Å². The van der Waals surface area contributed by atoms with Gasteiger partial charge in [0.15, 0.2) is 6.61 Å². The van der Waals surface area contributed by atoms with E-state index in [2.05, 4.69) is 10.1 Å². The molecule has 148 valence electrons. The maximum atomic E-state index is 12.6. The Hall–Kier alpha value is -2.84. The van der Waals surface area contributed by atoms with Crippen LogP contribution in [-0.2, 0) is 30.0 Å². The lowest BCUT2D eigenvalue weighted by Gasteiger charge is -2.07. The van der Waals surface area contributed by atoms with E-state index in [-0.39, 0.29) is 31.1 Å². The second kappa shape index (κ2) is 11.0. The third-order valence-electron chi connectivity index (χ3n) is 3.16. The van der Waals surface area contributed by atoms with Gasteiger partial charge in [-0.05, 0) is 37.1 Å². The monoisotopic (exact) mass is 387 g/mol. The number of hydrogen-bond acceptors (Lipinski definition) is 5. The van der Waals surface area contributed by atoms with E-state index in [9.17, 15) is 27.6 Å². The molecule has 0 aliphatic heterocycles. The molecule has 27 heavy (non-hydrogen) atoms. The van der Waals surface area contributed by atoms with Crippen LogP contribution in [0.4, 0.5) is 13.2 Å². The number of halogens is 3. The molecule has 0 unspecified atom stereocenters. The minimum atomic E-state index is -4.48. The maximum Gasteiger partial charge on any atom is 0.416 e. The molecule has 1 rings (SSSR count). The molecule has 1 aromatic carbocycles. The first-order valence-corrected chi connectivity index (χ1v) is 8.16. The van der Waals surface area contributed by atoms with Crippen LogP contribution in [0.2, 0.25) is 0 Å². The molecule has 0 aromatic heterocycles. The molecule has 0 radical (unpaired) electrons. The topological polar surface area (TPSA) is 81.7 Å². The first kappa shape index (κ1) is 22.2. The minimum absolute atomic E-state index is 0.160. The largest absolute Gasteiger partial charge is 0.466 e. The number of benzene rings is 1. The highest BCUT2D eigenvalue weighted by atomic mass is 19.4. The van der Waals surface area contributed by atoms with Gasteiger partial charge in [-0.15, -0.1) is 0 Å². The fourth-order valence-corrected chi connectivity index (χ4v) is 1.91. The van der Waals surface area contributed by atoms with Crippen molar-refractivity contribution in [3.63, 3.8) is 0 Å². The van der Waals surface area contributed by atoms with Crippen molar-refractivity contribution >= 4 is 23.9 Å². The Bertz CT molecular complexity index is 686. The summed E-state index contributed by atoms with van der Waals surface area (Å²) in [5, 5.41) is 2.46. The standard InChI is InChI=1S/C18H20F3NO5/c1-2-26-16(24)7-4-10-22-15(23)12-27-17(25)9-8-13-5-3-6-14(11-13)18(19,20)21/h3,5-6,8-9,11H,2,4,7,10,12H2,1H3,(H,22,23)/b9-8+. The zero-order chi connectivity index (χ0) is 20.3. The molecule has 0 fully saturated rings. The van der Waals surface area contributed by atoms with Gasteiger partial charge in [-0.3, -0.25) is 9.59 Å². The van der Waals surface area contributed by atoms with Crippen molar-refractivity contribution in [2.45, 2.75) is 25.9 Å². The molecule has 0 aliphatic carbocycles. The molecular formula is C18H20F3NO5. The highest BCUT2D eigenvalue weighted by molar-refractivity contribution is 5.89. The Balaban J connectivity index is 2.33. The number of hydrogen-bond donors (Lipinski definition) is 1. The van der Waals surface area contributed by atoms with Crippen LogP contribution in [0.15, 0.2) is 30.3 Å². The lowest BCUT2D eigenvalue weighted by molar-refractivity contribution is -0.144. The van der Waals surface area contributed by atoms with E-state index < -0.39 is 30.2 Å². The Morgan fingerprint density at radius 1 is 1.19 bits per heavy atom. The molecule has 1 aromatic rings. The van der Waals surface area contributed by atoms with Gasteiger partial charge in [-0.25, -0.2) is 4.79 Å². The fraction of sp³-hybridized carbons (Fsp3) is 0.389. The first-order chi connectivity index (χ1) is 12.7. The first-order valence-electron chi connectivity index (χ1n) is 8.16. The summed E-state index contributed by atoms with van der Waals surface area (Å²) < 4.78 is 47.2. The third-order valence-corrected chi connectivity index (χ3v) is 3.16. The molecule has 1 amide bonds. The third kappa shape index (κ3) is 9.43. The van der Waals surface area contributed by atoms with Gasteiger partial charge in [0.05, 0.1) is 12.2 Å². The van der Waals surface area contributed by atoms with Gasteiger partial charge in [-0.1, -0.05) is 12.1 Å². The molecule has 6 nitrogen and oxygen atoms in total. The SMILES string of the molecule is CCOC(=O)CCCNC(=O)COC(=O)/C=C/c1cccc(C(F)(F)F)c1. The van der Waals surface area contributed by atoms with Gasteiger partial charge < -0.3 is 14.8 Å². The molecule has 0 aliphatic rings. The second-order valence-electron chi connectivity index (χ2n) is 5.32. The lowest BCUT2D eigenvalue weighted by atomic mass is 10.1. The molecular weight excluding hydrogens is 367 g/mol. The highest BCUT2D eigenvalue weighted by Crippen LogP contribution is 2.29. The normalized spacial score (nSPS) is 11.3. The van der Waals surface area contributed by atoms with Gasteiger partial charge in [0, 0.05) is 19.0 Å². The summed E-state index contributed by atoms with van der Waals surface area (Å²) in [7, 11) is 0. The minimum Gasteiger partial charge on any atom is -0.466 e. The van der Waals surface area contributed by atoms with Crippen molar-refractivity contribution in [3.8, 4) is 0 Å². The molecule has 0 saturated heterocycles. The summed E-state index contributed by atoms with van der Waals surface area (Å²) in [5.74, 6) is -1.79. The van der Waals surface area contributed by atoms with Gasteiger partial charge in [-0.2, -0.15) is 13.2 Å². The van der Waals surface area contributed by atoms with E-state index in [4.69, 9.17) is 4.74 Å². The summed E-state index contributed by atoms with van der Waals surface area (Å²) in [6.07, 6.45) is -1.84. The van der Waals surface area contributed by atoms with Gasteiger partial charge >= 0.3 is 18.1 Å². The van der Waals surface area contributed by atoms with E-state index in [0.717, 1.165) is 24.3 Å². The Kier molecular flexibility index (Phi) is 9.04. The van der Waals surface area contributed by atoms with Crippen LogP contribution in [0.1, 0.15) is 30.9 Å². The molecule has 1 N–H and O–H groups in total. The number of nitrogens with one attached hydrogen (secondary N) is 1. The number of rotatable bonds is 9. The van der Waals surface area contributed by atoms with Crippen LogP contribution in [0.5, 0.6) is 0 Å². The molecule has 9 heteroatoms. The average Bonchev–Trinajstić information content (AvgIpc) is 2.61. The Labute approximate surface area is 154 Å². The molecule has 0 atom stereocenters. The molecule has 0 bridgehead atoms. The summed E-state index contributed by atoms with van der Waals surface area (Å²) in [5.41, 5.74) is -0.662. The lowest BCUT2D eigenvalue weighted by Crippen LogP contribution is -2.29. The summed E-state index contributed by atoms with van der Waals surface area (Å²) >= 11 is 0. The van der Waals surface area contributed by atoms with Crippen molar-refractivity contribution in [1.82, 2.24) is 5.32 Å². The number of carbonyl (C=O) groups is 3. The van der Waals surface area contributed by atoms with Crippen LogP contribution in [0.3, 0.4) is 0 Å². The summed E-state index contributed by atoms with van der Waals surface area (Å²) in [4.78, 5) is 34.1. The van der Waals surface area contributed by atoms with Crippen molar-refractivity contribution in [1.29, 1.82) is 0 Å². The van der Waals surface area contributed by atoms with Crippen LogP contribution >= 0.6 is 0 Å². The van der Waals surface area contributed by atoms with Crippen molar-refractivity contribution in [2.75, 3.05) is 19.8 Å². The predicted molar refractivity (Wildman–Crippen MR) is 90.3 cm³/mol. The maximum absolute atomic E-state index is 12.6. The average molecular weight is 387 g/mol. The Morgan fingerprint density at radius 3 is 2.59 bits per heavy atom. The number of alkyl halides is 3. The van der Waals surface area contributed by atoms with Gasteiger partial charge in [0.25, 0.3) is 5.91 Å². The zero-order valence-corrected chi connectivity index (χ0v) is 14.7. The van der Waals surface area contributed by atoms with Crippen LogP contribution < -0.4 is 5.32 Å². The second-order valence-corrected chi connectivity index (χ2v) is 5.32. The molecule has 0 spiro atoms. The van der Waals surface area contributed by atoms with Crippen molar-refractivity contribution in [2.24, 2.45) is 0 Å². The number of esters is 2. The molecule has 0 heterocycles. The smallest absolute Gasteiger partial charge is 0.416 e.